The molecule has 0 rings (SSSR count). The van der Waals surface area contributed by atoms with Crippen molar-refractivity contribution in [3.8, 4) is 0 Å². The molecule has 110 valence electrons. The van der Waals surface area contributed by atoms with Crippen LogP contribution in [0.3, 0.4) is 0 Å². The van der Waals surface area contributed by atoms with Gasteiger partial charge in [-0.25, -0.2) is 0 Å². The standard InChI is InChI=1S/C12H22O6.Zr/c1-5-15-11(14)9-10(13)12(16-6-2,17-7-3)18-8-4;/h5-9H2,1-4H3;. The minimum absolute atomic E-state index is 0. The molecule has 6 nitrogen and oxygen atoms in total. The topological polar surface area (TPSA) is 71.1 Å². The molecule has 0 radical (unpaired) electrons. The van der Waals surface area contributed by atoms with Gasteiger partial charge in [-0.15, -0.1) is 0 Å². The molecule has 19 heavy (non-hydrogen) atoms. The molecule has 0 aromatic rings. The number of esters is 1. The molecule has 0 heterocycles. The van der Waals surface area contributed by atoms with Crippen LogP contribution in [0.5, 0.6) is 0 Å². The number of hydrogen-bond acceptors (Lipinski definition) is 6. The average Bonchev–Trinajstić information content (AvgIpc) is 2.30. The molecule has 0 saturated heterocycles. The zero-order valence-corrected chi connectivity index (χ0v) is 14.4. The van der Waals surface area contributed by atoms with Crippen LogP contribution in [0.25, 0.3) is 0 Å². The van der Waals surface area contributed by atoms with Crippen molar-refractivity contribution in [1.82, 2.24) is 0 Å². The van der Waals surface area contributed by atoms with E-state index < -0.39 is 24.1 Å². The molecule has 0 aliphatic rings. The zero-order valence-electron chi connectivity index (χ0n) is 12.0. The van der Waals surface area contributed by atoms with Crippen LogP contribution in [0, 0.1) is 0 Å². The number of ketones is 1. The van der Waals surface area contributed by atoms with Gasteiger partial charge in [-0.3, -0.25) is 9.59 Å². The van der Waals surface area contributed by atoms with Crippen molar-refractivity contribution in [1.29, 1.82) is 0 Å². The minimum Gasteiger partial charge on any atom is -0.466 e. The Hall–Kier alpha value is -0.0969. The maximum Gasteiger partial charge on any atom is 0.347 e. The van der Waals surface area contributed by atoms with E-state index in [2.05, 4.69) is 0 Å². The molecular formula is C12H22O6Zr. The maximum absolute atomic E-state index is 12.0. The van der Waals surface area contributed by atoms with Gasteiger partial charge >= 0.3 is 11.9 Å². The van der Waals surface area contributed by atoms with Gasteiger partial charge in [0.05, 0.1) is 26.4 Å². The van der Waals surface area contributed by atoms with Crippen LogP contribution in [0.2, 0.25) is 0 Å². The minimum atomic E-state index is -1.80. The molecule has 0 aromatic heterocycles. The summed E-state index contributed by atoms with van der Waals surface area (Å²) in [6.45, 7) is 7.72. The third-order valence-electron chi connectivity index (χ3n) is 1.95. The zero-order chi connectivity index (χ0) is 14.0. The van der Waals surface area contributed by atoms with Crippen LogP contribution in [-0.4, -0.2) is 44.2 Å². The van der Waals surface area contributed by atoms with Crippen molar-refractivity contribution in [2.45, 2.75) is 40.1 Å². The Kier molecular flexibility index (Phi) is 13.1. The first kappa shape index (κ1) is 21.2. The second kappa shape index (κ2) is 11.7. The molecule has 0 aromatic carbocycles. The normalized spacial score (nSPS) is 10.7. The molecule has 0 fully saturated rings. The summed E-state index contributed by atoms with van der Waals surface area (Å²) in [6, 6.07) is 0. The Morgan fingerprint density at radius 3 is 1.58 bits per heavy atom. The molecule has 7 heteroatoms. The van der Waals surface area contributed by atoms with Crippen LogP contribution < -0.4 is 0 Å². The summed E-state index contributed by atoms with van der Waals surface area (Å²) >= 11 is 0. The average molecular weight is 354 g/mol. The Balaban J connectivity index is 0. The van der Waals surface area contributed by atoms with Crippen LogP contribution >= 0.6 is 0 Å². The monoisotopic (exact) mass is 352 g/mol. The summed E-state index contributed by atoms with van der Waals surface area (Å²) < 4.78 is 20.5. The van der Waals surface area contributed by atoms with Gasteiger partial charge in [0.1, 0.15) is 6.42 Å². The third-order valence-corrected chi connectivity index (χ3v) is 1.95. The summed E-state index contributed by atoms with van der Waals surface area (Å²) in [6.07, 6.45) is -0.437. The molecule has 0 saturated carbocycles. The Labute approximate surface area is 133 Å². The molecule has 0 amide bonds. The molecular weight excluding hydrogens is 331 g/mol. The van der Waals surface area contributed by atoms with E-state index in [1.807, 2.05) is 0 Å². The van der Waals surface area contributed by atoms with E-state index in [-0.39, 0.29) is 52.6 Å². The second-order valence-corrected chi connectivity index (χ2v) is 3.26. The van der Waals surface area contributed by atoms with E-state index in [9.17, 15) is 9.59 Å². The molecule has 0 spiro atoms. The van der Waals surface area contributed by atoms with Crippen molar-refractivity contribution < 1.29 is 54.7 Å². The Morgan fingerprint density at radius 2 is 1.26 bits per heavy atom. The number of ether oxygens (including phenoxy) is 4. The number of hydrogen-bond donors (Lipinski definition) is 0. The van der Waals surface area contributed by atoms with Gasteiger partial charge in [0.25, 0.3) is 0 Å². The predicted molar refractivity (Wildman–Crippen MR) is 63.9 cm³/mol. The van der Waals surface area contributed by atoms with E-state index >= 15 is 0 Å². The Morgan fingerprint density at radius 1 is 0.842 bits per heavy atom. The van der Waals surface area contributed by atoms with Crippen LogP contribution in [-0.2, 0) is 54.7 Å². The summed E-state index contributed by atoms with van der Waals surface area (Å²) in [5.41, 5.74) is 0. The first-order valence-electron chi connectivity index (χ1n) is 6.16. The third kappa shape index (κ3) is 7.30. The summed E-state index contributed by atoms with van der Waals surface area (Å²) in [5.74, 6) is -3.01. The molecule has 0 atom stereocenters. The molecule has 0 aliphatic carbocycles. The van der Waals surface area contributed by atoms with Crippen molar-refractivity contribution in [2.24, 2.45) is 0 Å². The summed E-state index contributed by atoms with van der Waals surface area (Å²) in [4.78, 5) is 23.3. The first-order chi connectivity index (χ1) is 8.56. The largest absolute Gasteiger partial charge is 0.466 e. The van der Waals surface area contributed by atoms with Gasteiger partial charge in [-0.1, -0.05) is 0 Å². The van der Waals surface area contributed by atoms with E-state index in [0.717, 1.165) is 0 Å². The fourth-order valence-corrected chi connectivity index (χ4v) is 1.39. The Bertz CT molecular complexity index is 252. The van der Waals surface area contributed by atoms with Crippen molar-refractivity contribution in [3.63, 3.8) is 0 Å². The van der Waals surface area contributed by atoms with Gasteiger partial charge in [0.15, 0.2) is 0 Å². The second-order valence-electron chi connectivity index (χ2n) is 3.26. The maximum atomic E-state index is 12.0. The van der Waals surface area contributed by atoms with Crippen molar-refractivity contribution in [2.75, 3.05) is 26.4 Å². The van der Waals surface area contributed by atoms with Gasteiger partial charge in [-0.2, -0.15) is 0 Å². The van der Waals surface area contributed by atoms with Crippen molar-refractivity contribution >= 4 is 11.8 Å². The first-order valence-corrected chi connectivity index (χ1v) is 6.16. The number of carbonyl (C=O) groups excluding carboxylic acids is 2. The number of rotatable bonds is 10. The SMILES string of the molecule is CCOC(=O)CC(=O)C(OCC)(OCC)OCC.[Zr]. The quantitative estimate of drug-likeness (QED) is 0.335. The van der Waals surface area contributed by atoms with Crippen molar-refractivity contribution in [3.05, 3.63) is 0 Å². The van der Waals surface area contributed by atoms with Crippen LogP contribution in [0.15, 0.2) is 0 Å². The van der Waals surface area contributed by atoms with Gasteiger partial charge < -0.3 is 18.9 Å². The van der Waals surface area contributed by atoms with Gasteiger partial charge in [0, 0.05) is 26.2 Å². The predicted octanol–water partition coefficient (Wildman–Crippen LogP) is 1.27. The smallest absolute Gasteiger partial charge is 0.347 e. The fraction of sp³-hybridized carbons (Fsp3) is 0.833. The fourth-order valence-electron chi connectivity index (χ4n) is 1.39. The van der Waals surface area contributed by atoms with Crippen LogP contribution in [0.4, 0.5) is 0 Å². The number of Topliss-reactive ketones (excluding diaryl/α,β-unsaturated/α-hetero) is 1. The molecule has 0 bridgehead atoms. The molecule has 0 N–H and O–H groups in total. The number of carbonyl (C=O) groups is 2. The van der Waals surface area contributed by atoms with E-state index in [1.54, 1.807) is 27.7 Å². The summed E-state index contributed by atoms with van der Waals surface area (Å²) in [5, 5.41) is 0. The van der Waals surface area contributed by atoms with E-state index in [0.29, 0.717) is 0 Å². The van der Waals surface area contributed by atoms with Gasteiger partial charge in [0.2, 0.25) is 5.78 Å². The van der Waals surface area contributed by atoms with Gasteiger partial charge in [-0.05, 0) is 27.7 Å². The summed E-state index contributed by atoms with van der Waals surface area (Å²) in [7, 11) is 0. The van der Waals surface area contributed by atoms with E-state index in [1.165, 1.54) is 0 Å². The molecule has 0 unspecified atom stereocenters. The molecule has 0 aliphatic heterocycles. The van der Waals surface area contributed by atoms with E-state index in [4.69, 9.17) is 18.9 Å². The van der Waals surface area contributed by atoms with Crippen LogP contribution in [0.1, 0.15) is 34.1 Å².